The third kappa shape index (κ3) is 2.48. The van der Waals surface area contributed by atoms with E-state index in [2.05, 4.69) is 4.90 Å². The summed E-state index contributed by atoms with van der Waals surface area (Å²) in [5, 5.41) is 7.23. The van der Waals surface area contributed by atoms with Crippen LogP contribution in [0.2, 0.25) is 0 Å². The predicted octanol–water partition coefficient (Wildman–Crippen LogP) is 2.18. The van der Waals surface area contributed by atoms with Gasteiger partial charge in [-0.15, -0.1) is 0 Å². The highest BCUT2D eigenvalue weighted by molar-refractivity contribution is 5.98. The van der Waals surface area contributed by atoms with Gasteiger partial charge >= 0.3 is 0 Å². The number of hydrogen-bond donors (Lipinski definition) is 2. The first-order chi connectivity index (χ1) is 9.67. The topological polar surface area (TPSA) is 70.2 Å². The average Bonchev–Trinajstić information content (AvgIpc) is 2.48. The Bertz CT molecular complexity index is 533. The van der Waals surface area contributed by atoms with E-state index < -0.39 is 0 Å². The van der Waals surface area contributed by atoms with E-state index in [0.717, 1.165) is 12.5 Å². The van der Waals surface area contributed by atoms with Crippen LogP contribution in [0.5, 0.6) is 0 Å². The molecule has 3 heterocycles. The second-order valence-corrected chi connectivity index (χ2v) is 6.01. The molecule has 0 aromatic heterocycles. The van der Waals surface area contributed by atoms with Crippen LogP contribution in [0, 0.1) is 17.2 Å². The number of ketones is 1. The van der Waals surface area contributed by atoms with E-state index in [1.807, 2.05) is 0 Å². The van der Waals surface area contributed by atoms with Gasteiger partial charge in [0.2, 0.25) is 0 Å². The first kappa shape index (κ1) is 13.3. The number of carbonyl (C=O) groups is 1. The van der Waals surface area contributed by atoms with Crippen LogP contribution in [-0.4, -0.2) is 36.5 Å². The monoisotopic (exact) mass is 271 g/mol. The molecule has 4 heteroatoms. The van der Waals surface area contributed by atoms with Crippen LogP contribution in [0.15, 0.2) is 18.2 Å². The van der Waals surface area contributed by atoms with Crippen LogP contribution in [-0.2, 0) is 0 Å². The molecule has 2 bridgehead atoms. The summed E-state index contributed by atoms with van der Waals surface area (Å²) in [6.07, 6.45) is 4.33. The Hall–Kier alpha value is -1.68. The number of Topliss-reactive ketones (excluding diaryl/α,β-unsaturated/α-hetero) is 1. The Labute approximate surface area is 119 Å². The summed E-state index contributed by atoms with van der Waals surface area (Å²) in [6, 6.07) is 5.26. The molecule has 3 aliphatic rings. The number of nitrogens with zero attached hydrogens (tertiary/aromatic N) is 1. The molecule has 20 heavy (non-hydrogen) atoms. The van der Waals surface area contributed by atoms with Crippen molar-refractivity contribution in [3.8, 4) is 0 Å². The fraction of sp³-hybridized carbons (Fsp3) is 0.500. The van der Waals surface area contributed by atoms with Crippen molar-refractivity contribution in [2.45, 2.75) is 19.3 Å². The highest BCUT2D eigenvalue weighted by atomic mass is 16.1. The molecule has 0 amide bonds. The van der Waals surface area contributed by atoms with Crippen LogP contribution in [0.25, 0.3) is 0 Å². The molecule has 3 N–H and O–H groups in total. The molecular formula is C16H21N3O. The second-order valence-electron chi connectivity index (χ2n) is 6.01. The summed E-state index contributed by atoms with van der Waals surface area (Å²) >= 11 is 0. The van der Waals surface area contributed by atoms with Gasteiger partial charge < -0.3 is 16.0 Å². The number of benzene rings is 1. The number of rotatable bonds is 4. The second kappa shape index (κ2) is 5.37. The van der Waals surface area contributed by atoms with Crippen molar-refractivity contribution < 1.29 is 4.79 Å². The molecule has 1 atom stereocenters. The van der Waals surface area contributed by atoms with E-state index in [1.165, 1.54) is 32.1 Å². The van der Waals surface area contributed by atoms with Crippen LogP contribution in [0.3, 0.4) is 0 Å². The lowest BCUT2D eigenvalue weighted by molar-refractivity contribution is 0.0441. The van der Waals surface area contributed by atoms with E-state index in [-0.39, 0.29) is 5.78 Å². The molecule has 3 fully saturated rings. The fourth-order valence-electron chi connectivity index (χ4n) is 3.55. The molecule has 0 unspecified atom stereocenters. The fourth-order valence-corrected chi connectivity index (χ4v) is 3.55. The zero-order valence-electron chi connectivity index (χ0n) is 11.6. The van der Waals surface area contributed by atoms with E-state index in [9.17, 15) is 4.79 Å². The SMILES string of the molecule is N=Cc1ccc(C(=O)C[C@H]2CN3CCC2CC3)cc1N. The lowest BCUT2D eigenvalue weighted by atomic mass is 9.76. The van der Waals surface area contributed by atoms with Crippen LogP contribution < -0.4 is 5.73 Å². The van der Waals surface area contributed by atoms with Gasteiger partial charge in [-0.2, -0.15) is 0 Å². The van der Waals surface area contributed by atoms with Gasteiger partial charge in [-0.25, -0.2) is 0 Å². The lowest BCUT2D eigenvalue weighted by Crippen LogP contribution is -2.47. The normalized spacial score (nSPS) is 28.3. The molecule has 1 aromatic carbocycles. The van der Waals surface area contributed by atoms with E-state index in [1.54, 1.807) is 18.2 Å². The molecule has 4 nitrogen and oxygen atoms in total. The summed E-state index contributed by atoms with van der Waals surface area (Å²) in [4.78, 5) is 14.9. The van der Waals surface area contributed by atoms with Crippen LogP contribution in [0.1, 0.15) is 35.2 Å². The third-order valence-electron chi connectivity index (χ3n) is 4.80. The predicted molar refractivity (Wildman–Crippen MR) is 80.3 cm³/mol. The average molecular weight is 271 g/mol. The van der Waals surface area contributed by atoms with Crippen molar-refractivity contribution in [3.63, 3.8) is 0 Å². The summed E-state index contributed by atoms with van der Waals surface area (Å²) in [5.74, 6) is 1.42. The summed E-state index contributed by atoms with van der Waals surface area (Å²) in [7, 11) is 0. The molecule has 4 rings (SSSR count). The molecule has 0 saturated carbocycles. The van der Waals surface area contributed by atoms with E-state index in [0.29, 0.717) is 29.2 Å². The van der Waals surface area contributed by atoms with Crippen molar-refractivity contribution in [2.24, 2.45) is 11.8 Å². The van der Waals surface area contributed by atoms with Gasteiger partial charge in [0.05, 0.1) is 0 Å². The first-order valence-electron chi connectivity index (χ1n) is 7.33. The van der Waals surface area contributed by atoms with Crippen molar-refractivity contribution in [1.82, 2.24) is 4.90 Å². The number of piperidine rings is 3. The van der Waals surface area contributed by atoms with Crippen LogP contribution in [0.4, 0.5) is 5.69 Å². The van der Waals surface area contributed by atoms with Gasteiger partial charge in [-0.05, 0) is 43.8 Å². The Balaban J connectivity index is 1.70. The van der Waals surface area contributed by atoms with Crippen molar-refractivity contribution >= 4 is 17.7 Å². The summed E-state index contributed by atoms with van der Waals surface area (Å²) in [6.45, 7) is 3.48. The maximum atomic E-state index is 12.4. The highest BCUT2D eigenvalue weighted by Gasteiger charge is 2.35. The van der Waals surface area contributed by atoms with Crippen molar-refractivity contribution in [3.05, 3.63) is 29.3 Å². The Morgan fingerprint density at radius 2 is 2.15 bits per heavy atom. The van der Waals surface area contributed by atoms with E-state index in [4.69, 9.17) is 11.1 Å². The lowest BCUT2D eigenvalue weighted by Gasteiger charge is -2.44. The minimum atomic E-state index is 0.187. The maximum absolute atomic E-state index is 12.4. The zero-order chi connectivity index (χ0) is 14.1. The zero-order valence-corrected chi connectivity index (χ0v) is 11.6. The number of nitrogen functional groups attached to an aromatic ring is 1. The first-order valence-corrected chi connectivity index (χ1v) is 7.33. The molecule has 106 valence electrons. The Kier molecular flexibility index (Phi) is 3.57. The molecule has 0 spiro atoms. The van der Waals surface area contributed by atoms with Crippen LogP contribution >= 0.6 is 0 Å². The Morgan fingerprint density at radius 1 is 1.40 bits per heavy atom. The molecule has 3 aliphatic heterocycles. The van der Waals surface area contributed by atoms with Gasteiger partial charge in [0, 0.05) is 36.0 Å². The molecule has 3 saturated heterocycles. The van der Waals surface area contributed by atoms with Gasteiger partial charge in [-0.1, -0.05) is 12.1 Å². The number of hydrogen-bond acceptors (Lipinski definition) is 4. The number of nitrogens with two attached hydrogens (primary N) is 1. The Morgan fingerprint density at radius 3 is 2.70 bits per heavy atom. The van der Waals surface area contributed by atoms with Gasteiger partial charge in [0.1, 0.15) is 0 Å². The number of fused-ring (bicyclic) bond motifs is 3. The van der Waals surface area contributed by atoms with Gasteiger partial charge in [0.25, 0.3) is 0 Å². The summed E-state index contributed by atoms with van der Waals surface area (Å²) in [5.41, 5.74) is 7.72. The number of nitrogens with one attached hydrogen (secondary N) is 1. The number of carbonyl (C=O) groups excluding carboxylic acids is 1. The molecule has 1 aromatic rings. The largest absolute Gasteiger partial charge is 0.398 e. The van der Waals surface area contributed by atoms with Gasteiger partial charge in [0.15, 0.2) is 5.78 Å². The molecule has 0 radical (unpaired) electrons. The standard InChI is InChI=1S/C16H21N3O/c17-9-13-2-1-12(7-15(13)18)16(20)8-14-10-19-5-3-11(14)4-6-19/h1-2,7,9,11,14,17H,3-6,8,10,18H2/t14-/m0/s1. The smallest absolute Gasteiger partial charge is 0.163 e. The van der Waals surface area contributed by atoms with Crippen molar-refractivity contribution in [2.75, 3.05) is 25.4 Å². The minimum absolute atomic E-state index is 0.187. The minimum Gasteiger partial charge on any atom is -0.398 e. The molecular weight excluding hydrogens is 250 g/mol. The number of anilines is 1. The van der Waals surface area contributed by atoms with Gasteiger partial charge in [-0.3, -0.25) is 4.79 Å². The van der Waals surface area contributed by atoms with E-state index >= 15 is 0 Å². The summed E-state index contributed by atoms with van der Waals surface area (Å²) < 4.78 is 0. The highest BCUT2D eigenvalue weighted by Crippen LogP contribution is 2.35. The molecule has 0 aliphatic carbocycles. The maximum Gasteiger partial charge on any atom is 0.163 e. The third-order valence-corrected chi connectivity index (χ3v) is 4.80. The quantitative estimate of drug-likeness (QED) is 0.501. The van der Waals surface area contributed by atoms with Crippen molar-refractivity contribution in [1.29, 1.82) is 5.41 Å².